The zero-order valence-electron chi connectivity index (χ0n) is 2.46. The molecule has 0 radical (unpaired) electrons. The van der Waals surface area contributed by atoms with Crippen molar-refractivity contribution in [1.29, 1.82) is 0 Å². The summed E-state index contributed by atoms with van der Waals surface area (Å²) in [6.45, 7) is 0. The van der Waals surface area contributed by atoms with Crippen molar-refractivity contribution in [3.05, 3.63) is 11.4 Å². The number of hydrogen-bond donors (Lipinski definition) is 0. The summed E-state index contributed by atoms with van der Waals surface area (Å²) in [6.07, 6.45) is 1.58. The molecule has 0 aliphatic rings. The van der Waals surface area contributed by atoms with Crippen molar-refractivity contribution in [3.63, 3.8) is 0 Å². The van der Waals surface area contributed by atoms with Gasteiger partial charge in [0.2, 0.25) is 0 Å². The van der Waals surface area contributed by atoms with Gasteiger partial charge >= 0.3 is 35.1 Å². The zero-order valence-corrected chi connectivity index (χ0v) is 4.17. The number of hydrogen-bond acceptors (Lipinski definition) is 2. The van der Waals surface area contributed by atoms with E-state index in [0.717, 1.165) is 0 Å². The van der Waals surface area contributed by atoms with E-state index in [-0.39, 0.29) is 0 Å². The molecule has 2 nitrogen and oxygen atoms in total. The quantitative estimate of drug-likeness (QED) is 0.447. The standard InChI is InChI=1S/C2H2N2Se/c1-3-2-5-4-1/h1-2H. The van der Waals surface area contributed by atoms with E-state index < -0.39 is 0 Å². The van der Waals surface area contributed by atoms with Crippen molar-refractivity contribution >= 4 is 14.7 Å². The normalized spacial score (nSPS) is 8.00. The van der Waals surface area contributed by atoms with Gasteiger partial charge in [0.15, 0.2) is 0 Å². The van der Waals surface area contributed by atoms with Crippen molar-refractivity contribution in [2.45, 2.75) is 0 Å². The van der Waals surface area contributed by atoms with Crippen LogP contribution in [0.15, 0.2) is 11.4 Å². The van der Waals surface area contributed by atoms with Gasteiger partial charge in [0, 0.05) is 0 Å². The third-order valence-electron chi connectivity index (χ3n) is 0.283. The number of nitrogens with zero attached hydrogens (tertiary/aromatic N) is 2. The van der Waals surface area contributed by atoms with E-state index in [1.54, 1.807) is 6.33 Å². The first-order chi connectivity index (χ1) is 2.50. The van der Waals surface area contributed by atoms with E-state index >= 15 is 0 Å². The second kappa shape index (κ2) is 1.34. The Bertz CT molecular complexity index is 64.1. The van der Waals surface area contributed by atoms with E-state index in [1.165, 1.54) is 0 Å². The van der Waals surface area contributed by atoms with Crippen molar-refractivity contribution in [2.75, 3.05) is 0 Å². The van der Waals surface area contributed by atoms with Gasteiger partial charge in [-0.3, -0.25) is 0 Å². The Kier molecular flexibility index (Phi) is 0.819. The maximum atomic E-state index is 3.80. The summed E-state index contributed by atoms with van der Waals surface area (Å²) in [7, 11) is 0. The minimum atomic E-state index is 0.347. The summed E-state index contributed by atoms with van der Waals surface area (Å²) in [5.41, 5.74) is 0. The fourth-order valence-electron chi connectivity index (χ4n) is 0.136. The first-order valence-corrected chi connectivity index (χ1v) is 2.95. The predicted octanol–water partition coefficient (Wildman–Crippen LogP) is -0.466. The van der Waals surface area contributed by atoms with Crippen LogP contribution in [0.3, 0.4) is 0 Å². The molecule has 0 amide bonds. The van der Waals surface area contributed by atoms with Crippen LogP contribution in [0.1, 0.15) is 0 Å². The Labute approximate surface area is 35.8 Å². The molecular formula is C2H2N2Se. The maximum absolute atomic E-state index is 3.80. The molecule has 5 heavy (non-hydrogen) atoms. The predicted molar refractivity (Wildman–Crippen MR) is 19.0 cm³/mol. The molecular weight excluding hydrogens is 131 g/mol. The molecule has 0 aliphatic heterocycles. The summed E-state index contributed by atoms with van der Waals surface area (Å²) < 4.78 is 3.80. The van der Waals surface area contributed by atoms with Crippen LogP contribution < -0.4 is 0 Å². The summed E-state index contributed by atoms with van der Waals surface area (Å²) in [5.74, 6) is 0. The Balaban J connectivity index is 3.13. The van der Waals surface area contributed by atoms with E-state index in [4.69, 9.17) is 0 Å². The summed E-state index contributed by atoms with van der Waals surface area (Å²) in [5, 5.41) is 1.83. The molecule has 0 bridgehead atoms. The first kappa shape index (κ1) is 3.07. The molecule has 1 aromatic rings. The molecule has 0 unspecified atom stereocenters. The van der Waals surface area contributed by atoms with Gasteiger partial charge < -0.3 is 0 Å². The Morgan fingerprint density at radius 1 is 1.60 bits per heavy atom. The fourth-order valence-corrected chi connectivity index (χ4v) is 0.707. The van der Waals surface area contributed by atoms with E-state index in [9.17, 15) is 0 Å². The minimum absolute atomic E-state index is 0.347. The molecule has 1 rings (SSSR count). The monoisotopic (exact) mass is 134 g/mol. The van der Waals surface area contributed by atoms with Gasteiger partial charge in [-0.05, 0) is 0 Å². The molecule has 0 atom stereocenters. The third-order valence-corrected chi connectivity index (χ3v) is 1.19. The number of aromatic nitrogens is 2. The number of rotatable bonds is 0. The van der Waals surface area contributed by atoms with Gasteiger partial charge in [0.25, 0.3) is 0 Å². The zero-order chi connectivity index (χ0) is 3.54. The van der Waals surface area contributed by atoms with Gasteiger partial charge in [0.05, 0.1) is 0 Å². The van der Waals surface area contributed by atoms with E-state index in [2.05, 4.69) is 8.96 Å². The molecule has 0 saturated heterocycles. The molecule has 26 valence electrons. The van der Waals surface area contributed by atoms with Gasteiger partial charge in [0.1, 0.15) is 0 Å². The summed E-state index contributed by atoms with van der Waals surface area (Å²) in [6, 6.07) is 0. The molecule has 0 aliphatic carbocycles. The van der Waals surface area contributed by atoms with Crippen LogP contribution in [0.25, 0.3) is 0 Å². The van der Waals surface area contributed by atoms with Gasteiger partial charge in [-0.25, -0.2) is 0 Å². The van der Waals surface area contributed by atoms with Crippen molar-refractivity contribution < 1.29 is 0 Å². The van der Waals surface area contributed by atoms with Gasteiger partial charge in [-0.1, -0.05) is 0 Å². The van der Waals surface area contributed by atoms with Gasteiger partial charge in [-0.2, -0.15) is 0 Å². The fraction of sp³-hybridized carbons (Fsp3) is 0. The Hall–Kier alpha value is -0.141. The molecule has 3 heteroatoms. The van der Waals surface area contributed by atoms with Crippen LogP contribution in [0.4, 0.5) is 0 Å². The van der Waals surface area contributed by atoms with E-state index in [1.807, 2.05) is 5.07 Å². The molecule has 0 spiro atoms. The van der Waals surface area contributed by atoms with Crippen molar-refractivity contribution in [3.8, 4) is 0 Å². The average Bonchev–Trinajstić information content (AvgIpc) is 1.76. The van der Waals surface area contributed by atoms with Crippen LogP contribution >= 0.6 is 0 Å². The second-order valence-electron chi connectivity index (χ2n) is 0.581. The molecule has 0 N–H and O–H groups in total. The Morgan fingerprint density at radius 2 is 2.60 bits per heavy atom. The third kappa shape index (κ3) is 0.565. The molecule has 0 saturated carbocycles. The first-order valence-electron chi connectivity index (χ1n) is 1.19. The van der Waals surface area contributed by atoms with E-state index in [0.29, 0.717) is 14.7 Å². The topological polar surface area (TPSA) is 25.8 Å². The van der Waals surface area contributed by atoms with Crippen LogP contribution in [0, 0.1) is 0 Å². The van der Waals surface area contributed by atoms with Gasteiger partial charge in [-0.15, -0.1) is 0 Å². The second-order valence-corrected chi connectivity index (χ2v) is 1.91. The van der Waals surface area contributed by atoms with Crippen LogP contribution in [-0.2, 0) is 0 Å². The SMILES string of the molecule is c1nc[se]n1. The molecule has 0 fully saturated rings. The van der Waals surface area contributed by atoms with Crippen molar-refractivity contribution in [1.82, 2.24) is 8.96 Å². The Morgan fingerprint density at radius 3 is 2.80 bits per heavy atom. The molecule has 0 aromatic carbocycles. The van der Waals surface area contributed by atoms with Crippen LogP contribution in [-0.4, -0.2) is 23.7 Å². The summed E-state index contributed by atoms with van der Waals surface area (Å²) >= 11 is 0.347. The summed E-state index contributed by atoms with van der Waals surface area (Å²) in [4.78, 5) is 3.69. The van der Waals surface area contributed by atoms with Crippen molar-refractivity contribution in [2.24, 2.45) is 0 Å². The van der Waals surface area contributed by atoms with Crippen LogP contribution in [0.5, 0.6) is 0 Å². The van der Waals surface area contributed by atoms with Crippen LogP contribution in [0.2, 0.25) is 0 Å². The molecule has 1 heterocycles. The average molecular weight is 133 g/mol. The molecule has 1 aromatic heterocycles.